The maximum Gasteiger partial charge on any atom is 0.255 e. The fraction of sp³-hybridized carbons (Fsp3) is 0.440. The third-order valence-corrected chi connectivity index (χ3v) is 6.58. The molecule has 2 fully saturated rings. The van der Waals surface area contributed by atoms with Crippen LogP contribution in [0.3, 0.4) is 0 Å². The largest absolute Gasteiger partial charge is 0.493 e. The summed E-state index contributed by atoms with van der Waals surface area (Å²) in [6.07, 6.45) is 2.73. The number of aromatic nitrogens is 3. The van der Waals surface area contributed by atoms with Crippen molar-refractivity contribution in [2.24, 2.45) is 5.92 Å². The summed E-state index contributed by atoms with van der Waals surface area (Å²) in [4.78, 5) is 36.3. The van der Waals surface area contributed by atoms with Crippen molar-refractivity contribution in [1.82, 2.24) is 25.6 Å². The van der Waals surface area contributed by atoms with Crippen LogP contribution in [0, 0.1) is 18.7 Å². The van der Waals surface area contributed by atoms with Crippen molar-refractivity contribution in [2.45, 2.75) is 57.8 Å². The van der Waals surface area contributed by atoms with Gasteiger partial charge in [-0.2, -0.15) is 0 Å². The summed E-state index contributed by atoms with van der Waals surface area (Å²) in [5, 5.41) is 5.46. The van der Waals surface area contributed by atoms with Gasteiger partial charge in [0.1, 0.15) is 35.3 Å². The molecule has 2 aliphatic rings. The Kier molecular flexibility index (Phi) is 6.12. The molecule has 5 rings (SSSR count). The Labute approximate surface area is 200 Å². The van der Waals surface area contributed by atoms with Gasteiger partial charge in [0.05, 0.1) is 23.7 Å². The van der Waals surface area contributed by atoms with E-state index >= 15 is 0 Å². The lowest BCUT2D eigenvalue weighted by Crippen LogP contribution is -2.39. The van der Waals surface area contributed by atoms with E-state index in [0.717, 1.165) is 12.8 Å². The van der Waals surface area contributed by atoms with Crippen LogP contribution in [0.4, 0.5) is 8.78 Å². The number of ether oxygens (including phenoxy) is 1. The van der Waals surface area contributed by atoms with Gasteiger partial charge in [0, 0.05) is 30.6 Å². The van der Waals surface area contributed by atoms with Crippen LogP contribution in [-0.4, -0.2) is 51.6 Å². The highest BCUT2D eigenvalue weighted by Crippen LogP contribution is 2.37. The van der Waals surface area contributed by atoms with Gasteiger partial charge in [-0.05, 0) is 50.3 Å². The molecule has 35 heavy (non-hydrogen) atoms. The van der Waals surface area contributed by atoms with E-state index in [1.54, 1.807) is 13.0 Å². The van der Waals surface area contributed by atoms with Gasteiger partial charge in [0.15, 0.2) is 0 Å². The van der Waals surface area contributed by atoms with Gasteiger partial charge in [-0.15, -0.1) is 0 Å². The molecule has 0 saturated heterocycles. The van der Waals surface area contributed by atoms with Gasteiger partial charge in [-0.25, -0.2) is 18.7 Å². The van der Waals surface area contributed by atoms with Crippen molar-refractivity contribution in [3.05, 3.63) is 41.6 Å². The first-order chi connectivity index (χ1) is 16.8. The third kappa shape index (κ3) is 4.82. The van der Waals surface area contributed by atoms with Crippen molar-refractivity contribution in [1.29, 1.82) is 0 Å². The Hall–Kier alpha value is -3.56. The number of H-pyrrole nitrogens is 1. The molecule has 3 atom stereocenters. The Bertz CT molecular complexity index is 1290. The number of aryl methyl sites for hydroxylation is 1. The average molecular weight is 484 g/mol. The summed E-state index contributed by atoms with van der Waals surface area (Å²) in [6, 6.07) is 3.22. The molecule has 0 bridgehead atoms. The number of hydrogen-bond acceptors (Lipinski definition) is 5. The smallest absolute Gasteiger partial charge is 0.255 e. The summed E-state index contributed by atoms with van der Waals surface area (Å²) in [5.74, 6) is -0.119. The Morgan fingerprint density at radius 1 is 1.20 bits per heavy atom. The van der Waals surface area contributed by atoms with Crippen LogP contribution in [0.1, 0.15) is 48.7 Å². The zero-order valence-corrected chi connectivity index (χ0v) is 19.5. The van der Waals surface area contributed by atoms with Gasteiger partial charge in [0.25, 0.3) is 5.91 Å². The Morgan fingerprint density at radius 3 is 2.74 bits per heavy atom. The molecule has 3 N–H and O–H groups in total. The summed E-state index contributed by atoms with van der Waals surface area (Å²) in [5.41, 5.74) is 2.51. The van der Waals surface area contributed by atoms with E-state index in [9.17, 15) is 18.4 Å². The summed E-state index contributed by atoms with van der Waals surface area (Å²) in [7, 11) is 0. The second-order valence-corrected chi connectivity index (χ2v) is 9.43. The van der Waals surface area contributed by atoms with E-state index in [1.165, 1.54) is 25.4 Å². The third-order valence-electron chi connectivity index (χ3n) is 6.58. The van der Waals surface area contributed by atoms with Crippen LogP contribution in [0.2, 0.25) is 0 Å². The fourth-order valence-corrected chi connectivity index (χ4v) is 4.69. The lowest BCUT2D eigenvalue weighted by molar-refractivity contribution is -0.119. The molecule has 8 nitrogen and oxygen atoms in total. The number of nitrogens with one attached hydrogen (secondary N) is 3. The molecular formula is C25H27F2N5O3. The predicted molar refractivity (Wildman–Crippen MR) is 125 cm³/mol. The highest BCUT2D eigenvalue weighted by atomic mass is 19.1. The van der Waals surface area contributed by atoms with Crippen molar-refractivity contribution >= 4 is 22.8 Å². The number of carbonyl (C=O) groups is 2. The zero-order chi connectivity index (χ0) is 24.7. The molecule has 2 amide bonds. The van der Waals surface area contributed by atoms with E-state index in [-0.39, 0.29) is 23.9 Å². The molecule has 0 spiro atoms. The van der Waals surface area contributed by atoms with Crippen molar-refractivity contribution in [3.63, 3.8) is 0 Å². The van der Waals surface area contributed by atoms with Crippen molar-refractivity contribution in [2.75, 3.05) is 6.61 Å². The van der Waals surface area contributed by atoms with Crippen LogP contribution in [0.5, 0.6) is 5.75 Å². The van der Waals surface area contributed by atoms with E-state index in [0.29, 0.717) is 52.7 Å². The molecular weight excluding hydrogens is 456 g/mol. The monoisotopic (exact) mass is 483 g/mol. The molecule has 10 heteroatoms. The Morgan fingerprint density at radius 2 is 2.00 bits per heavy atom. The van der Waals surface area contributed by atoms with Crippen LogP contribution >= 0.6 is 0 Å². The van der Waals surface area contributed by atoms with Crippen LogP contribution in [-0.2, 0) is 4.79 Å². The predicted octanol–water partition coefficient (Wildman–Crippen LogP) is 3.60. The number of aromatic amines is 1. The summed E-state index contributed by atoms with van der Waals surface area (Å²) < 4.78 is 34.7. The van der Waals surface area contributed by atoms with Gasteiger partial charge in [0.2, 0.25) is 5.91 Å². The van der Waals surface area contributed by atoms with E-state index in [1.807, 2.05) is 0 Å². The molecule has 0 radical (unpaired) electrons. The fourth-order valence-electron chi connectivity index (χ4n) is 4.69. The number of benzene rings is 1. The minimum absolute atomic E-state index is 0.146. The maximum atomic E-state index is 14.6. The standard InChI is InChI=1S/C25H27F2N5O3/c1-12-21(25(34)32-19-9-16(8-18(19)27)31-13(2)33)23-24(30-12)22(28-11-29-23)17-7-15(26)5-6-20(17)35-10-14-3-4-14/h5-7,11,14,16,18-19,30H,3-4,8-10H2,1-2H3,(H,31,33)(H,32,34)/t16-,18-,19-/m1/s1. The first-order valence-corrected chi connectivity index (χ1v) is 11.8. The number of alkyl halides is 1. The second kappa shape index (κ2) is 9.24. The lowest BCUT2D eigenvalue weighted by atomic mass is 10.1. The molecule has 2 saturated carbocycles. The first kappa shape index (κ1) is 23.2. The summed E-state index contributed by atoms with van der Waals surface area (Å²) >= 11 is 0. The number of halogens is 2. The molecule has 2 heterocycles. The second-order valence-electron chi connectivity index (χ2n) is 9.43. The van der Waals surface area contributed by atoms with Gasteiger partial charge >= 0.3 is 0 Å². The SMILES string of the molecule is CC(=O)N[C@@H]1C[C@@H](F)[C@H](NC(=O)c2c(C)[nH]c3c(-c4cc(F)ccc4OCC4CC4)ncnc23)C1. The van der Waals surface area contributed by atoms with E-state index < -0.39 is 23.9 Å². The zero-order valence-electron chi connectivity index (χ0n) is 19.5. The van der Waals surface area contributed by atoms with Crippen LogP contribution in [0.25, 0.3) is 22.3 Å². The number of hydrogen-bond donors (Lipinski definition) is 3. The van der Waals surface area contributed by atoms with Gasteiger partial charge in [-0.1, -0.05) is 0 Å². The molecule has 2 aromatic heterocycles. The molecule has 0 unspecified atom stereocenters. The highest BCUT2D eigenvalue weighted by molar-refractivity contribution is 6.09. The average Bonchev–Trinajstić information content (AvgIpc) is 3.48. The quantitative estimate of drug-likeness (QED) is 0.476. The van der Waals surface area contributed by atoms with Crippen molar-refractivity contribution < 1.29 is 23.1 Å². The van der Waals surface area contributed by atoms with Gasteiger partial charge < -0.3 is 20.4 Å². The molecule has 0 aliphatic heterocycles. The number of fused-ring (bicyclic) bond motifs is 1. The topological polar surface area (TPSA) is 109 Å². The molecule has 2 aliphatic carbocycles. The van der Waals surface area contributed by atoms with Crippen LogP contribution in [0.15, 0.2) is 24.5 Å². The normalized spacial score (nSPS) is 21.8. The summed E-state index contributed by atoms with van der Waals surface area (Å²) in [6.45, 7) is 3.65. The number of amides is 2. The number of rotatable bonds is 7. The molecule has 1 aromatic carbocycles. The minimum atomic E-state index is -1.27. The first-order valence-electron chi connectivity index (χ1n) is 11.8. The maximum absolute atomic E-state index is 14.6. The van der Waals surface area contributed by atoms with Gasteiger partial charge in [-0.3, -0.25) is 9.59 Å². The number of carbonyl (C=O) groups excluding carboxylic acids is 2. The van der Waals surface area contributed by atoms with Crippen molar-refractivity contribution in [3.8, 4) is 17.0 Å². The van der Waals surface area contributed by atoms with Crippen LogP contribution < -0.4 is 15.4 Å². The van der Waals surface area contributed by atoms with E-state index in [2.05, 4.69) is 25.6 Å². The molecule has 184 valence electrons. The lowest BCUT2D eigenvalue weighted by Gasteiger charge is -2.15. The highest BCUT2D eigenvalue weighted by Gasteiger charge is 2.36. The number of nitrogens with zero attached hydrogens (tertiary/aromatic N) is 2. The molecule has 3 aromatic rings. The Balaban J connectivity index is 1.45. The van der Waals surface area contributed by atoms with E-state index in [4.69, 9.17) is 4.74 Å². The minimum Gasteiger partial charge on any atom is -0.493 e.